The van der Waals surface area contributed by atoms with Crippen LogP contribution in [0.5, 0.6) is 0 Å². The maximum absolute atomic E-state index is 13.1. The summed E-state index contributed by atoms with van der Waals surface area (Å²) in [4.78, 5) is 2.40. The SMILES string of the molecule is CC(C)I.CC(C)N(c1ccc(F)cc1)C1CCC2(CC1)OCCO2. The van der Waals surface area contributed by atoms with Crippen LogP contribution in [0.2, 0.25) is 0 Å². The molecule has 25 heavy (non-hydrogen) atoms. The molecule has 0 aromatic heterocycles. The van der Waals surface area contributed by atoms with Crippen LogP contribution in [0.15, 0.2) is 24.3 Å². The average molecular weight is 463 g/mol. The fourth-order valence-electron chi connectivity index (χ4n) is 3.65. The van der Waals surface area contributed by atoms with Crippen molar-refractivity contribution in [3.05, 3.63) is 30.1 Å². The maximum Gasteiger partial charge on any atom is 0.168 e. The highest BCUT2D eigenvalue weighted by Gasteiger charge is 2.41. The van der Waals surface area contributed by atoms with Crippen LogP contribution in [-0.4, -0.2) is 35.0 Å². The number of hydrogen-bond acceptors (Lipinski definition) is 3. The summed E-state index contributed by atoms with van der Waals surface area (Å²) in [5.41, 5.74) is 1.10. The van der Waals surface area contributed by atoms with E-state index in [0.29, 0.717) is 12.1 Å². The predicted octanol–water partition coefficient (Wildman–Crippen LogP) is 5.56. The largest absolute Gasteiger partial charge is 0.366 e. The van der Waals surface area contributed by atoms with Crippen molar-refractivity contribution in [1.29, 1.82) is 0 Å². The van der Waals surface area contributed by atoms with Crippen molar-refractivity contribution in [3.8, 4) is 0 Å². The fourth-order valence-corrected chi connectivity index (χ4v) is 3.65. The average Bonchev–Trinajstić information content (AvgIpc) is 2.99. The zero-order valence-electron chi connectivity index (χ0n) is 15.8. The van der Waals surface area contributed by atoms with E-state index in [1.165, 1.54) is 12.1 Å². The maximum atomic E-state index is 13.1. The fraction of sp³-hybridized carbons (Fsp3) is 0.700. The summed E-state index contributed by atoms with van der Waals surface area (Å²) in [5, 5.41) is 0. The van der Waals surface area contributed by atoms with Crippen molar-refractivity contribution in [3.63, 3.8) is 0 Å². The van der Waals surface area contributed by atoms with Gasteiger partial charge in [-0.15, -0.1) is 0 Å². The third-order valence-electron chi connectivity index (χ3n) is 4.60. The van der Waals surface area contributed by atoms with Crippen molar-refractivity contribution in [1.82, 2.24) is 0 Å². The molecule has 3 rings (SSSR count). The van der Waals surface area contributed by atoms with E-state index in [2.05, 4.69) is 55.2 Å². The third-order valence-corrected chi connectivity index (χ3v) is 4.60. The molecule has 0 atom stereocenters. The second-order valence-electron chi connectivity index (χ2n) is 7.33. The van der Waals surface area contributed by atoms with Gasteiger partial charge in [0.25, 0.3) is 0 Å². The molecule has 0 N–H and O–H groups in total. The molecule has 0 unspecified atom stereocenters. The van der Waals surface area contributed by atoms with Gasteiger partial charge in [0.15, 0.2) is 5.79 Å². The standard InChI is InChI=1S/C17H24FNO2.C3H7I/c1-13(2)19(15-5-3-14(18)4-6-15)16-7-9-17(10-8-16)20-11-12-21-17;1-3(2)4/h3-6,13,16H,7-12H2,1-2H3;3H,1-2H3. The first-order valence-electron chi connectivity index (χ1n) is 9.29. The lowest BCUT2D eigenvalue weighted by molar-refractivity contribution is -0.178. The summed E-state index contributed by atoms with van der Waals surface area (Å²) < 4.78 is 25.5. The van der Waals surface area contributed by atoms with E-state index in [4.69, 9.17) is 9.47 Å². The number of anilines is 1. The van der Waals surface area contributed by atoms with E-state index >= 15 is 0 Å². The van der Waals surface area contributed by atoms with Crippen molar-refractivity contribution < 1.29 is 13.9 Å². The van der Waals surface area contributed by atoms with E-state index < -0.39 is 0 Å². The molecule has 0 amide bonds. The number of benzene rings is 1. The van der Waals surface area contributed by atoms with Crippen LogP contribution >= 0.6 is 22.6 Å². The van der Waals surface area contributed by atoms with Crippen LogP contribution in [0.25, 0.3) is 0 Å². The lowest BCUT2D eigenvalue weighted by atomic mass is 9.88. The summed E-state index contributed by atoms with van der Waals surface area (Å²) in [6.45, 7) is 10.1. The Morgan fingerprint density at radius 3 is 1.96 bits per heavy atom. The van der Waals surface area contributed by atoms with Gasteiger partial charge in [0.2, 0.25) is 0 Å². The highest BCUT2D eigenvalue weighted by Crippen LogP contribution is 2.39. The lowest BCUT2D eigenvalue weighted by Gasteiger charge is -2.43. The summed E-state index contributed by atoms with van der Waals surface area (Å²) in [6.07, 6.45) is 4.00. The molecule has 5 heteroatoms. The van der Waals surface area contributed by atoms with E-state index in [9.17, 15) is 4.39 Å². The quantitative estimate of drug-likeness (QED) is 0.433. The van der Waals surface area contributed by atoms with Crippen molar-refractivity contribution >= 4 is 28.3 Å². The van der Waals surface area contributed by atoms with Crippen molar-refractivity contribution in [2.45, 2.75) is 75.2 Å². The van der Waals surface area contributed by atoms with Crippen molar-refractivity contribution in [2.24, 2.45) is 0 Å². The number of nitrogens with zero attached hydrogens (tertiary/aromatic N) is 1. The molecule has 0 bridgehead atoms. The van der Waals surface area contributed by atoms with Gasteiger partial charge in [-0.1, -0.05) is 36.4 Å². The zero-order valence-corrected chi connectivity index (χ0v) is 18.0. The second-order valence-corrected chi connectivity index (χ2v) is 9.82. The van der Waals surface area contributed by atoms with Gasteiger partial charge in [-0.05, 0) is 51.0 Å². The van der Waals surface area contributed by atoms with Crippen molar-refractivity contribution in [2.75, 3.05) is 18.1 Å². The number of rotatable bonds is 3. The van der Waals surface area contributed by atoms with Gasteiger partial charge < -0.3 is 14.4 Å². The van der Waals surface area contributed by atoms with Gasteiger partial charge in [-0.2, -0.15) is 0 Å². The van der Waals surface area contributed by atoms with Gasteiger partial charge in [0, 0.05) is 34.5 Å². The topological polar surface area (TPSA) is 21.7 Å². The van der Waals surface area contributed by atoms with Gasteiger partial charge in [-0.3, -0.25) is 0 Å². The van der Waals surface area contributed by atoms with Gasteiger partial charge in [0.1, 0.15) is 5.82 Å². The van der Waals surface area contributed by atoms with E-state index in [1.54, 1.807) is 0 Å². The van der Waals surface area contributed by atoms with Crippen LogP contribution < -0.4 is 4.90 Å². The Balaban J connectivity index is 0.000000511. The molecule has 1 aliphatic carbocycles. The number of hydrogen-bond donors (Lipinski definition) is 0. The molecular weight excluding hydrogens is 432 g/mol. The minimum atomic E-state index is -0.318. The Labute approximate surface area is 165 Å². The minimum Gasteiger partial charge on any atom is -0.366 e. The van der Waals surface area contributed by atoms with E-state index in [1.807, 2.05) is 12.1 Å². The molecule has 2 fully saturated rings. The summed E-state index contributed by atoms with van der Waals surface area (Å²) in [5.74, 6) is -0.500. The number of halogens is 2. The summed E-state index contributed by atoms with van der Waals surface area (Å²) >= 11 is 2.34. The van der Waals surface area contributed by atoms with Crippen LogP contribution in [-0.2, 0) is 9.47 Å². The van der Waals surface area contributed by atoms with Crippen LogP contribution in [0.4, 0.5) is 10.1 Å². The smallest absolute Gasteiger partial charge is 0.168 e. The Morgan fingerprint density at radius 1 is 1.04 bits per heavy atom. The summed E-state index contributed by atoms with van der Waals surface area (Å²) in [6, 6.07) is 7.69. The monoisotopic (exact) mass is 463 g/mol. The number of alkyl halides is 1. The van der Waals surface area contributed by atoms with Crippen LogP contribution in [0, 0.1) is 5.82 Å². The Bertz CT molecular complexity index is 502. The van der Waals surface area contributed by atoms with E-state index in [-0.39, 0.29) is 11.6 Å². The normalized spacial score (nSPS) is 20.0. The van der Waals surface area contributed by atoms with Crippen LogP contribution in [0.3, 0.4) is 0 Å². The third kappa shape index (κ3) is 6.07. The highest BCUT2D eigenvalue weighted by molar-refractivity contribution is 14.1. The molecule has 3 nitrogen and oxygen atoms in total. The first-order valence-corrected chi connectivity index (χ1v) is 10.5. The molecule has 1 heterocycles. The molecule has 1 spiro atoms. The molecule has 2 aliphatic rings. The van der Waals surface area contributed by atoms with Gasteiger partial charge >= 0.3 is 0 Å². The Morgan fingerprint density at radius 2 is 1.52 bits per heavy atom. The first-order chi connectivity index (χ1) is 11.8. The molecule has 0 radical (unpaired) electrons. The predicted molar refractivity (Wildman–Crippen MR) is 110 cm³/mol. The van der Waals surface area contributed by atoms with Gasteiger partial charge in [0.05, 0.1) is 13.2 Å². The molecule has 1 aromatic carbocycles. The molecule has 1 saturated heterocycles. The van der Waals surface area contributed by atoms with E-state index in [0.717, 1.165) is 48.5 Å². The molecule has 142 valence electrons. The Kier molecular flexibility index (Phi) is 7.95. The lowest BCUT2D eigenvalue weighted by Crippen LogP contribution is -2.47. The molecule has 1 aromatic rings. The first kappa shape index (κ1) is 20.9. The molecule has 1 aliphatic heterocycles. The van der Waals surface area contributed by atoms with Crippen LogP contribution in [0.1, 0.15) is 53.4 Å². The van der Waals surface area contributed by atoms with Gasteiger partial charge in [-0.25, -0.2) is 4.39 Å². The summed E-state index contributed by atoms with van der Waals surface area (Å²) in [7, 11) is 0. The number of ether oxygens (including phenoxy) is 2. The molecular formula is C20H31FINO2. The molecule has 1 saturated carbocycles. The Hall–Kier alpha value is -0.400. The second kappa shape index (κ2) is 9.51. The zero-order chi connectivity index (χ0) is 18.4. The highest BCUT2D eigenvalue weighted by atomic mass is 127. The minimum absolute atomic E-state index is 0.183.